The Morgan fingerprint density at radius 1 is 0.842 bits per heavy atom. The number of rotatable bonds is 2. The predicted octanol–water partition coefficient (Wildman–Crippen LogP) is 4.68. The van der Waals surface area contributed by atoms with E-state index in [2.05, 4.69) is 31.9 Å². The van der Waals surface area contributed by atoms with Gasteiger partial charge in [-0.15, -0.1) is 0 Å². The molecule has 2 aromatic carbocycles. The van der Waals surface area contributed by atoms with E-state index in [4.69, 9.17) is 5.73 Å². The highest BCUT2D eigenvalue weighted by molar-refractivity contribution is 9.10. The largest absolute Gasteiger partial charge is 0.320 e. The Balaban J connectivity index is 2.52. The molecule has 0 heterocycles. The first-order valence-electron chi connectivity index (χ1n) is 5.25. The van der Waals surface area contributed by atoms with Crippen LogP contribution in [0.3, 0.4) is 0 Å². The van der Waals surface area contributed by atoms with E-state index in [-0.39, 0.29) is 15.6 Å². The standard InChI is InChI=1S/C13H8Br2F3N/c14-6-1-2-10(16)7(3-6)13(19)8-4-12(18)9(15)5-11(8)17/h1-5,13H,19H2. The minimum absolute atomic E-state index is 0.00401. The zero-order valence-electron chi connectivity index (χ0n) is 9.43. The van der Waals surface area contributed by atoms with E-state index in [0.29, 0.717) is 4.47 Å². The van der Waals surface area contributed by atoms with Crippen LogP contribution in [0, 0.1) is 17.5 Å². The van der Waals surface area contributed by atoms with Crippen molar-refractivity contribution >= 4 is 31.9 Å². The molecule has 0 aromatic heterocycles. The molecule has 0 fully saturated rings. The molecule has 19 heavy (non-hydrogen) atoms. The smallest absolute Gasteiger partial charge is 0.137 e. The highest BCUT2D eigenvalue weighted by atomic mass is 79.9. The van der Waals surface area contributed by atoms with Gasteiger partial charge in [0.1, 0.15) is 17.5 Å². The van der Waals surface area contributed by atoms with Crippen molar-refractivity contribution in [1.82, 2.24) is 0 Å². The van der Waals surface area contributed by atoms with E-state index in [0.717, 1.165) is 12.1 Å². The van der Waals surface area contributed by atoms with E-state index in [1.165, 1.54) is 18.2 Å². The highest BCUT2D eigenvalue weighted by Crippen LogP contribution is 2.29. The van der Waals surface area contributed by atoms with Gasteiger partial charge in [0.05, 0.1) is 10.5 Å². The van der Waals surface area contributed by atoms with E-state index in [1.54, 1.807) is 0 Å². The molecule has 0 saturated heterocycles. The summed E-state index contributed by atoms with van der Waals surface area (Å²) in [5.74, 6) is -1.92. The number of halogens is 5. The lowest BCUT2D eigenvalue weighted by Crippen LogP contribution is -2.15. The fraction of sp³-hybridized carbons (Fsp3) is 0.0769. The zero-order chi connectivity index (χ0) is 14.2. The zero-order valence-corrected chi connectivity index (χ0v) is 12.6. The van der Waals surface area contributed by atoms with Crippen molar-refractivity contribution in [2.75, 3.05) is 0 Å². The Bertz CT molecular complexity index is 632. The van der Waals surface area contributed by atoms with Crippen LogP contribution in [0.4, 0.5) is 13.2 Å². The average molecular weight is 395 g/mol. The molecule has 6 heteroatoms. The van der Waals surface area contributed by atoms with Crippen LogP contribution in [0.5, 0.6) is 0 Å². The van der Waals surface area contributed by atoms with Gasteiger partial charge >= 0.3 is 0 Å². The second-order valence-electron chi connectivity index (χ2n) is 3.93. The fourth-order valence-electron chi connectivity index (χ4n) is 1.70. The average Bonchev–Trinajstić information content (AvgIpc) is 2.36. The van der Waals surface area contributed by atoms with Gasteiger partial charge < -0.3 is 5.73 Å². The van der Waals surface area contributed by atoms with Crippen molar-refractivity contribution in [2.24, 2.45) is 5.73 Å². The van der Waals surface area contributed by atoms with Gasteiger partial charge in [-0.25, -0.2) is 13.2 Å². The molecule has 0 amide bonds. The summed E-state index contributed by atoms with van der Waals surface area (Å²) in [5.41, 5.74) is 5.82. The van der Waals surface area contributed by atoms with Gasteiger partial charge in [-0.05, 0) is 46.3 Å². The first-order chi connectivity index (χ1) is 8.90. The Labute approximate surface area is 124 Å². The van der Waals surface area contributed by atoms with Crippen LogP contribution in [0.25, 0.3) is 0 Å². The summed E-state index contributed by atoms with van der Waals surface area (Å²) in [4.78, 5) is 0. The van der Waals surface area contributed by atoms with Crippen LogP contribution in [0.15, 0.2) is 39.3 Å². The van der Waals surface area contributed by atoms with Gasteiger partial charge in [-0.3, -0.25) is 0 Å². The van der Waals surface area contributed by atoms with Crippen molar-refractivity contribution in [2.45, 2.75) is 6.04 Å². The Kier molecular flexibility index (Phi) is 4.32. The predicted molar refractivity (Wildman–Crippen MR) is 74.2 cm³/mol. The van der Waals surface area contributed by atoms with Crippen LogP contribution in [0.1, 0.15) is 17.2 Å². The van der Waals surface area contributed by atoms with Gasteiger partial charge in [-0.2, -0.15) is 0 Å². The maximum Gasteiger partial charge on any atom is 0.137 e. The summed E-state index contributed by atoms with van der Waals surface area (Å²) < 4.78 is 41.5. The van der Waals surface area contributed by atoms with Crippen LogP contribution in [-0.2, 0) is 0 Å². The number of benzene rings is 2. The second kappa shape index (κ2) is 5.64. The van der Waals surface area contributed by atoms with E-state index in [1.807, 2.05) is 0 Å². The molecule has 0 aliphatic heterocycles. The molecule has 1 unspecified atom stereocenters. The molecule has 0 radical (unpaired) electrons. The van der Waals surface area contributed by atoms with Gasteiger partial charge in [-0.1, -0.05) is 15.9 Å². The van der Waals surface area contributed by atoms with Crippen LogP contribution >= 0.6 is 31.9 Å². The SMILES string of the molecule is NC(c1cc(Br)ccc1F)c1cc(F)c(Br)cc1F. The molecular weight excluding hydrogens is 387 g/mol. The third kappa shape index (κ3) is 3.01. The first-order valence-corrected chi connectivity index (χ1v) is 6.83. The van der Waals surface area contributed by atoms with E-state index in [9.17, 15) is 13.2 Å². The van der Waals surface area contributed by atoms with Gasteiger partial charge in [0, 0.05) is 15.6 Å². The summed E-state index contributed by atoms with van der Waals surface area (Å²) in [7, 11) is 0. The molecule has 0 aliphatic rings. The van der Waals surface area contributed by atoms with Crippen LogP contribution < -0.4 is 5.73 Å². The lowest BCUT2D eigenvalue weighted by molar-refractivity contribution is 0.559. The summed E-state index contributed by atoms with van der Waals surface area (Å²) in [5, 5.41) is 0. The molecule has 100 valence electrons. The van der Waals surface area contributed by atoms with Crippen molar-refractivity contribution in [3.8, 4) is 0 Å². The Morgan fingerprint density at radius 3 is 2.16 bits per heavy atom. The minimum atomic E-state index is -1.08. The van der Waals surface area contributed by atoms with Crippen molar-refractivity contribution in [3.05, 3.63) is 67.9 Å². The summed E-state index contributed by atoms with van der Waals surface area (Å²) >= 11 is 6.06. The third-order valence-corrected chi connectivity index (χ3v) is 3.77. The number of hydrogen-bond acceptors (Lipinski definition) is 1. The summed E-state index contributed by atoms with van der Waals surface area (Å²) in [6.07, 6.45) is 0. The molecule has 1 nitrogen and oxygen atoms in total. The molecule has 0 aliphatic carbocycles. The fourth-order valence-corrected chi connectivity index (χ4v) is 2.39. The maximum absolute atomic E-state index is 13.8. The lowest BCUT2D eigenvalue weighted by Gasteiger charge is -2.15. The normalized spacial score (nSPS) is 12.5. The monoisotopic (exact) mass is 393 g/mol. The van der Waals surface area contributed by atoms with Crippen molar-refractivity contribution in [3.63, 3.8) is 0 Å². The quantitative estimate of drug-likeness (QED) is 0.735. The van der Waals surface area contributed by atoms with Gasteiger partial charge in [0.15, 0.2) is 0 Å². The number of hydrogen-bond donors (Lipinski definition) is 1. The van der Waals surface area contributed by atoms with Gasteiger partial charge in [0.25, 0.3) is 0 Å². The minimum Gasteiger partial charge on any atom is -0.320 e. The van der Waals surface area contributed by atoms with E-state index >= 15 is 0 Å². The highest BCUT2D eigenvalue weighted by Gasteiger charge is 2.19. The van der Waals surface area contributed by atoms with E-state index < -0.39 is 23.5 Å². The lowest BCUT2D eigenvalue weighted by atomic mass is 9.98. The molecule has 0 saturated carbocycles. The Hall–Kier alpha value is -0.850. The van der Waals surface area contributed by atoms with Crippen molar-refractivity contribution in [1.29, 1.82) is 0 Å². The Morgan fingerprint density at radius 2 is 1.47 bits per heavy atom. The molecule has 0 spiro atoms. The van der Waals surface area contributed by atoms with Crippen LogP contribution in [-0.4, -0.2) is 0 Å². The molecule has 2 N–H and O–H groups in total. The summed E-state index contributed by atoms with van der Waals surface area (Å²) in [6.45, 7) is 0. The van der Waals surface area contributed by atoms with Gasteiger partial charge in [0.2, 0.25) is 0 Å². The molecule has 1 atom stereocenters. The molecule has 0 bridgehead atoms. The topological polar surface area (TPSA) is 26.0 Å². The maximum atomic E-state index is 13.8. The molecule has 2 rings (SSSR count). The summed E-state index contributed by atoms with van der Waals surface area (Å²) in [6, 6.07) is 5.01. The van der Waals surface area contributed by atoms with Crippen LogP contribution in [0.2, 0.25) is 0 Å². The first kappa shape index (κ1) is 14.6. The third-order valence-electron chi connectivity index (χ3n) is 2.67. The van der Waals surface area contributed by atoms with Crippen molar-refractivity contribution < 1.29 is 13.2 Å². The molecular formula is C13H8Br2F3N. The number of nitrogens with two attached hydrogens (primary N) is 1. The molecule has 2 aromatic rings. The second-order valence-corrected chi connectivity index (χ2v) is 5.70.